The van der Waals surface area contributed by atoms with E-state index in [9.17, 15) is 9.90 Å². The van der Waals surface area contributed by atoms with Crippen molar-refractivity contribution in [2.24, 2.45) is 10.8 Å². The summed E-state index contributed by atoms with van der Waals surface area (Å²) >= 11 is 0. The van der Waals surface area contributed by atoms with E-state index in [0.717, 1.165) is 58.2 Å². The van der Waals surface area contributed by atoms with Gasteiger partial charge in [0, 0.05) is 37.6 Å². The molecule has 1 atom stereocenters. The van der Waals surface area contributed by atoms with Gasteiger partial charge in [0.25, 0.3) is 0 Å². The van der Waals surface area contributed by atoms with E-state index in [2.05, 4.69) is 6.92 Å². The van der Waals surface area contributed by atoms with Gasteiger partial charge in [-0.2, -0.15) is 0 Å². The highest BCUT2D eigenvalue weighted by atomic mass is 16.5. The summed E-state index contributed by atoms with van der Waals surface area (Å²) in [6.07, 6.45) is 8.33. The van der Waals surface area contributed by atoms with Crippen LogP contribution in [0.2, 0.25) is 0 Å². The number of amides is 1. The smallest absolute Gasteiger partial charge is 0.228 e. The van der Waals surface area contributed by atoms with Crippen molar-refractivity contribution in [3.8, 4) is 0 Å². The highest BCUT2D eigenvalue weighted by Gasteiger charge is 2.43. The van der Waals surface area contributed by atoms with Gasteiger partial charge in [0.15, 0.2) is 0 Å². The monoisotopic (exact) mass is 297 g/mol. The SMILES string of the molecule is COCCCC1(CO)CCCN(C(=O)C2(C)CCCC2)C1. The molecule has 1 amide bonds. The van der Waals surface area contributed by atoms with E-state index >= 15 is 0 Å². The zero-order valence-corrected chi connectivity index (χ0v) is 13.7. The van der Waals surface area contributed by atoms with Crippen molar-refractivity contribution >= 4 is 5.91 Å². The lowest BCUT2D eigenvalue weighted by molar-refractivity contribution is -0.145. The van der Waals surface area contributed by atoms with Gasteiger partial charge in [0.1, 0.15) is 0 Å². The summed E-state index contributed by atoms with van der Waals surface area (Å²) in [5.74, 6) is 0.323. The fourth-order valence-electron chi connectivity index (χ4n) is 4.14. The third-order valence-corrected chi connectivity index (χ3v) is 5.56. The van der Waals surface area contributed by atoms with Gasteiger partial charge in [-0.25, -0.2) is 0 Å². The lowest BCUT2D eigenvalue weighted by Gasteiger charge is -2.44. The Balaban J connectivity index is 1.99. The lowest BCUT2D eigenvalue weighted by atomic mass is 9.76. The fraction of sp³-hybridized carbons (Fsp3) is 0.941. The maximum Gasteiger partial charge on any atom is 0.228 e. The highest BCUT2D eigenvalue weighted by molar-refractivity contribution is 5.82. The van der Waals surface area contributed by atoms with E-state index in [1.165, 1.54) is 12.8 Å². The van der Waals surface area contributed by atoms with Gasteiger partial charge in [-0.3, -0.25) is 4.79 Å². The number of ether oxygens (including phenoxy) is 1. The molecule has 1 aliphatic heterocycles. The first-order valence-corrected chi connectivity index (χ1v) is 8.44. The van der Waals surface area contributed by atoms with Crippen molar-refractivity contribution in [2.75, 3.05) is 33.4 Å². The standard InChI is InChI=1S/C17H31NO3/c1-16(7-3-4-8-16)15(20)18-11-5-9-17(13-18,14-19)10-6-12-21-2/h19H,3-14H2,1-2H3. The van der Waals surface area contributed by atoms with Gasteiger partial charge in [0.2, 0.25) is 5.91 Å². The maximum absolute atomic E-state index is 12.9. The Morgan fingerprint density at radius 2 is 1.95 bits per heavy atom. The van der Waals surface area contributed by atoms with Crippen LogP contribution in [0, 0.1) is 10.8 Å². The van der Waals surface area contributed by atoms with Gasteiger partial charge in [0.05, 0.1) is 6.61 Å². The number of piperidine rings is 1. The summed E-state index contributed by atoms with van der Waals surface area (Å²) in [5, 5.41) is 9.89. The Labute approximate surface area is 128 Å². The molecule has 1 aliphatic carbocycles. The van der Waals surface area contributed by atoms with Crippen LogP contribution in [0.3, 0.4) is 0 Å². The third kappa shape index (κ3) is 3.78. The molecule has 1 saturated heterocycles. The number of rotatable bonds is 6. The first-order chi connectivity index (χ1) is 10.1. The van der Waals surface area contributed by atoms with Gasteiger partial charge in [-0.1, -0.05) is 19.8 Å². The van der Waals surface area contributed by atoms with Crippen molar-refractivity contribution in [1.82, 2.24) is 4.90 Å². The van der Waals surface area contributed by atoms with Crippen LogP contribution in [-0.2, 0) is 9.53 Å². The Morgan fingerprint density at radius 1 is 1.24 bits per heavy atom. The molecule has 0 aromatic heterocycles. The minimum atomic E-state index is -0.148. The van der Waals surface area contributed by atoms with E-state index < -0.39 is 0 Å². The molecule has 4 heteroatoms. The minimum absolute atomic E-state index is 0.110. The average Bonchev–Trinajstić information content (AvgIpc) is 2.95. The fourth-order valence-corrected chi connectivity index (χ4v) is 4.14. The Morgan fingerprint density at radius 3 is 2.57 bits per heavy atom. The van der Waals surface area contributed by atoms with Gasteiger partial charge in [-0.15, -0.1) is 0 Å². The van der Waals surface area contributed by atoms with Crippen LogP contribution in [0.1, 0.15) is 58.3 Å². The molecule has 0 radical (unpaired) electrons. The molecule has 0 spiro atoms. The lowest BCUT2D eigenvalue weighted by Crippen LogP contribution is -2.51. The average molecular weight is 297 g/mol. The van der Waals surface area contributed by atoms with Crippen LogP contribution < -0.4 is 0 Å². The van der Waals surface area contributed by atoms with Crippen LogP contribution in [0.25, 0.3) is 0 Å². The summed E-state index contributed by atoms with van der Waals surface area (Å²) in [4.78, 5) is 14.9. The number of nitrogens with zero attached hydrogens (tertiary/aromatic N) is 1. The molecule has 1 heterocycles. The van der Waals surface area contributed by atoms with Crippen molar-refractivity contribution < 1.29 is 14.6 Å². The molecule has 1 N–H and O–H groups in total. The van der Waals surface area contributed by atoms with E-state index in [1.807, 2.05) is 4.90 Å². The zero-order valence-electron chi connectivity index (χ0n) is 13.7. The predicted octanol–water partition coefficient (Wildman–Crippen LogP) is 2.59. The number of hydrogen-bond acceptors (Lipinski definition) is 3. The Hall–Kier alpha value is -0.610. The van der Waals surface area contributed by atoms with Crippen LogP contribution in [-0.4, -0.2) is 49.3 Å². The molecule has 0 aromatic carbocycles. The number of carbonyl (C=O) groups is 1. The van der Waals surface area contributed by atoms with Crippen LogP contribution in [0.5, 0.6) is 0 Å². The second-order valence-electron chi connectivity index (χ2n) is 7.35. The molecule has 21 heavy (non-hydrogen) atoms. The van der Waals surface area contributed by atoms with Gasteiger partial charge in [-0.05, 0) is 38.5 Å². The first kappa shape index (κ1) is 16.8. The molecule has 0 bridgehead atoms. The number of likely N-dealkylation sites (tertiary alicyclic amines) is 1. The van der Waals surface area contributed by atoms with Crippen LogP contribution in [0.15, 0.2) is 0 Å². The number of aliphatic hydroxyl groups excluding tert-OH is 1. The molecule has 2 aliphatic rings. The van der Waals surface area contributed by atoms with Crippen LogP contribution in [0.4, 0.5) is 0 Å². The van der Waals surface area contributed by atoms with Crippen molar-refractivity contribution in [2.45, 2.75) is 58.3 Å². The third-order valence-electron chi connectivity index (χ3n) is 5.56. The highest BCUT2D eigenvalue weighted by Crippen LogP contribution is 2.42. The summed E-state index contributed by atoms with van der Waals surface area (Å²) in [7, 11) is 1.71. The minimum Gasteiger partial charge on any atom is -0.396 e. The largest absolute Gasteiger partial charge is 0.396 e. The van der Waals surface area contributed by atoms with Gasteiger partial charge < -0.3 is 14.7 Å². The van der Waals surface area contributed by atoms with E-state index in [-0.39, 0.29) is 17.4 Å². The molecule has 122 valence electrons. The molecule has 2 fully saturated rings. The summed E-state index contributed by atoms with van der Waals surface area (Å²) in [5.41, 5.74) is -0.257. The van der Waals surface area contributed by atoms with Gasteiger partial charge >= 0.3 is 0 Å². The van der Waals surface area contributed by atoms with E-state index in [1.54, 1.807) is 7.11 Å². The van der Waals surface area contributed by atoms with E-state index in [0.29, 0.717) is 5.91 Å². The molecular weight excluding hydrogens is 266 g/mol. The molecule has 1 unspecified atom stereocenters. The maximum atomic E-state index is 12.9. The number of aliphatic hydroxyl groups is 1. The molecule has 2 rings (SSSR count). The molecule has 1 saturated carbocycles. The number of carbonyl (C=O) groups excluding carboxylic acids is 1. The topological polar surface area (TPSA) is 49.8 Å². The molecular formula is C17H31NO3. The quantitative estimate of drug-likeness (QED) is 0.767. The Bertz CT molecular complexity index is 352. The molecule has 0 aromatic rings. The van der Waals surface area contributed by atoms with Crippen molar-refractivity contribution in [3.63, 3.8) is 0 Å². The number of hydrogen-bond donors (Lipinski definition) is 1. The second-order valence-corrected chi connectivity index (χ2v) is 7.35. The predicted molar refractivity (Wildman–Crippen MR) is 83.0 cm³/mol. The second kappa shape index (κ2) is 7.10. The van der Waals surface area contributed by atoms with Crippen molar-refractivity contribution in [1.29, 1.82) is 0 Å². The normalized spacial score (nSPS) is 28.8. The summed E-state index contributed by atoms with van der Waals surface area (Å²) in [6.45, 7) is 4.62. The Kier molecular flexibility index (Phi) is 5.67. The van der Waals surface area contributed by atoms with Crippen molar-refractivity contribution in [3.05, 3.63) is 0 Å². The molecule has 4 nitrogen and oxygen atoms in total. The summed E-state index contributed by atoms with van der Waals surface area (Å²) < 4.78 is 5.13. The number of methoxy groups -OCH3 is 1. The van der Waals surface area contributed by atoms with E-state index in [4.69, 9.17) is 4.74 Å². The summed E-state index contributed by atoms with van der Waals surface area (Å²) in [6, 6.07) is 0. The first-order valence-electron chi connectivity index (χ1n) is 8.44. The van der Waals surface area contributed by atoms with Crippen LogP contribution >= 0.6 is 0 Å². The zero-order chi connectivity index (χ0) is 15.3.